The second-order valence-corrected chi connectivity index (χ2v) is 18.1. The van der Waals surface area contributed by atoms with E-state index >= 15 is 0 Å². The van der Waals surface area contributed by atoms with Crippen molar-refractivity contribution in [2.24, 2.45) is 10.8 Å². The molecule has 7 nitrogen and oxygen atoms in total. The van der Waals surface area contributed by atoms with E-state index in [1.165, 1.54) is 31.1 Å². The van der Waals surface area contributed by atoms with Crippen LogP contribution in [0.25, 0.3) is 20.4 Å². The molecular weight excluding hydrogens is 802 g/mol. The minimum Gasteiger partial charge on any atom is -0.492 e. The van der Waals surface area contributed by atoms with Gasteiger partial charge in [0.2, 0.25) is 0 Å². The predicted molar refractivity (Wildman–Crippen MR) is 230 cm³/mol. The number of methoxy groups -OCH3 is 1. The molecule has 2 fully saturated rings. The lowest BCUT2D eigenvalue weighted by atomic mass is 9.74. The van der Waals surface area contributed by atoms with Crippen molar-refractivity contribution in [2.75, 3.05) is 55.6 Å². The van der Waals surface area contributed by atoms with E-state index in [9.17, 15) is 4.79 Å². The minimum atomic E-state index is -0.281. The highest BCUT2D eigenvalue weighted by Gasteiger charge is 2.35. The molecule has 0 atom stereocenters. The molecule has 0 radical (unpaired) electrons. The molecule has 5 aromatic rings. The Morgan fingerprint density at radius 3 is 1.76 bits per heavy atom. The van der Waals surface area contributed by atoms with E-state index in [0.717, 1.165) is 106 Å². The second-order valence-electron chi connectivity index (χ2n) is 14.5. The van der Waals surface area contributed by atoms with Crippen molar-refractivity contribution in [3.05, 3.63) is 75.2 Å². The van der Waals surface area contributed by atoms with Crippen molar-refractivity contribution in [3.8, 4) is 5.75 Å². The summed E-state index contributed by atoms with van der Waals surface area (Å²) >= 11 is 28.0. The van der Waals surface area contributed by atoms with Crippen LogP contribution in [0.4, 0.5) is 10.3 Å². The van der Waals surface area contributed by atoms with Crippen molar-refractivity contribution >= 4 is 106 Å². The zero-order valence-electron chi connectivity index (χ0n) is 31.1. The first-order chi connectivity index (χ1) is 26.1. The van der Waals surface area contributed by atoms with Gasteiger partial charge in [-0.2, -0.15) is 0 Å². The number of anilines is 2. The molecule has 2 aromatic heterocycles. The average Bonchev–Trinajstić information content (AvgIpc) is 3.81. The highest BCUT2D eigenvalue weighted by molar-refractivity contribution is 7.22. The van der Waals surface area contributed by atoms with Gasteiger partial charge in [-0.05, 0) is 103 Å². The summed E-state index contributed by atoms with van der Waals surface area (Å²) in [6.07, 6.45) is 9.26. The van der Waals surface area contributed by atoms with Crippen LogP contribution in [0.2, 0.25) is 15.1 Å². The Hall–Kier alpha value is -2.53. The highest BCUT2D eigenvalue weighted by atomic mass is 35.5. The van der Waals surface area contributed by atoms with Crippen molar-refractivity contribution in [2.45, 2.75) is 71.6 Å². The lowest BCUT2D eigenvalue weighted by Crippen LogP contribution is -2.40. The molecule has 0 spiro atoms. The number of carbonyl (C=O) groups excluding carboxylic acids is 1. The zero-order valence-corrected chi connectivity index (χ0v) is 35.8. The summed E-state index contributed by atoms with van der Waals surface area (Å²) in [6, 6.07) is 17.2. The third kappa shape index (κ3) is 10.1. The molecule has 2 saturated heterocycles. The molecule has 4 heterocycles. The van der Waals surface area contributed by atoms with Crippen molar-refractivity contribution < 1.29 is 14.3 Å². The van der Waals surface area contributed by atoms with Gasteiger partial charge in [0, 0.05) is 42.1 Å². The predicted octanol–water partition coefficient (Wildman–Crippen LogP) is 12.4. The third-order valence-electron chi connectivity index (χ3n) is 11.5. The number of fused-ring (bicyclic) bond motifs is 2. The van der Waals surface area contributed by atoms with Gasteiger partial charge < -0.3 is 19.3 Å². The molecule has 0 saturated carbocycles. The molecule has 2 aliphatic rings. The largest absolute Gasteiger partial charge is 0.492 e. The van der Waals surface area contributed by atoms with Crippen LogP contribution in [-0.4, -0.2) is 61.7 Å². The summed E-state index contributed by atoms with van der Waals surface area (Å²) in [6.45, 7) is 9.28. The van der Waals surface area contributed by atoms with Crippen molar-refractivity contribution in [3.63, 3.8) is 0 Å². The summed E-state index contributed by atoms with van der Waals surface area (Å²) < 4.78 is 13.1. The highest BCUT2D eigenvalue weighted by Crippen LogP contribution is 2.43. The zero-order chi connectivity index (χ0) is 38.3. The molecule has 0 amide bonds. The summed E-state index contributed by atoms with van der Waals surface area (Å²) in [5.74, 6) is 1.11. The molecule has 54 heavy (non-hydrogen) atoms. The van der Waals surface area contributed by atoms with Gasteiger partial charge in [0.15, 0.2) is 10.3 Å². The van der Waals surface area contributed by atoms with E-state index < -0.39 is 0 Å². The van der Waals surface area contributed by atoms with Gasteiger partial charge in [-0.15, -0.1) is 11.6 Å². The second kappa shape index (κ2) is 18.6. The Morgan fingerprint density at radius 1 is 0.759 bits per heavy atom. The van der Waals surface area contributed by atoms with Gasteiger partial charge in [0.05, 0.1) is 45.6 Å². The Balaban J connectivity index is 0.000000203. The topological polar surface area (TPSA) is 67.8 Å². The summed E-state index contributed by atoms with van der Waals surface area (Å²) in [5.41, 5.74) is 3.57. The first-order valence-corrected chi connectivity index (χ1v) is 22.0. The van der Waals surface area contributed by atoms with Crippen LogP contribution in [0, 0.1) is 10.8 Å². The van der Waals surface area contributed by atoms with Gasteiger partial charge in [-0.25, -0.2) is 9.97 Å². The first kappa shape index (κ1) is 41.1. The van der Waals surface area contributed by atoms with Gasteiger partial charge in [0.1, 0.15) is 5.75 Å². The van der Waals surface area contributed by atoms with Crippen LogP contribution in [0.3, 0.4) is 0 Å². The lowest BCUT2D eigenvalue weighted by molar-refractivity contribution is -0.139. The molecule has 0 aliphatic carbocycles. The number of nitrogens with zero attached hydrogens (tertiary/aromatic N) is 4. The number of hydrogen-bond acceptors (Lipinski definition) is 9. The Kier molecular flexibility index (Phi) is 14.2. The maximum absolute atomic E-state index is 11.6. The SMILES string of the molecule is CCC1(CCCl)CCN(c2nc3ccc(Cl)cc3s2)CC1.CCC1(CCOc2cc(CC(=O)OC)ccc2Cl)CCN(c2nc3ccc(Cl)cc3s2)CC1. The number of halogens is 4. The molecule has 2 aliphatic heterocycles. The van der Waals surface area contributed by atoms with Crippen LogP contribution in [0.5, 0.6) is 5.75 Å². The first-order valence-electron chi connectivity index (χ1n) is 18.7. The van der Waals surface area contributed by atoms with Crippen LogP contribution >= 0.6 is 69.1 Å². The number of hydrogen-bond donors (Lipinski definition) is 0. The minimum absolute atomic E-state index is 0.205. The standard InChI is InChI=1S/C25H28Cl2N2O3S.C16H20Cl2N2S/c1-3-25(10-13-32-21-14-17(4-6-19(21)27)15-23(30)31-2)8-11-29(12-9-25)24-28-20-7-5-18(26)16-22(20)33-24;1-2-16(5-8-17)6-9-20(10-7-16)15-19-13-4-3-12(18)11-14(13)21-15/h4-7,14,16H,3,8-13,15H2,1-2H3;3-4,11H,2,5-10H2,1H3. The van der Waals surface area contributed by atoms with E-state index in [0.29, 0.717) is 22.8 Å². The normalized spacial score (nSPS) is 16.6. The average molecular weight is 851 g/mol. The van der Waals surface area contributed by atoms with E-state index in [1.807, 2.05) is 48.5 Å². The Bertz CT molecular complexity index is 2020. The third-order valence-corrected chi connectivity index (χ3v) is 14.6. The number of piperidine rings is 2. The van der Waals surface area contributed by atoms with Crippen molar-refractivity contribution in [1.82, 2.24) is 9.97 Å². The molecule has 0 N–H and O–H groups in total. The number of aromatic nitrogens is 2. The molecule has 13 heteroatoms. The molecule has 290 valence electrons. The van der Waals surface area contributed by atoms with E-state index in [2.05, 4.69) is 23.6 Å². The van der Waals surface area contributed by atoms with Gasteiger partial charge in [0.25, 0.3) is 0 Å². The molecular formula is C41H48Cl4N4O3S2. The molecule has 3 aromatic carbocycles. The molecule has 7 rings (SSSR count). The quantitative estimate of drug-likeness (QED) is 0.0915. The number of esters is 1. The maximum Gasteiger partial charge on any atom is 0.309 e. The van der Waals surface area contributed by atoms with Crippen molar-refractivity contribution in [1.29, 1.82) is 0 Å². The summed E-state index contributed by atoms with van der Waals surface area (Å²) in [5, 5.41) is 4.28. The van der Waals surface area contributed by atoms with E-state index in [4.69, 9.17) is 65.8 Å². The van der Waals surface area contributed by atoms with Crippen LogP contribution in [0.1, 0.15) is 70.8 Å². The number of benzene rings is 3. The lowest BCUT2D eigenvalue weighted by Gasteiger charge is -2.41. The number of ether oxygens (including phenoxy) is 2. The molecule has 0 bridgehead atoms. The Labute approximate surface area is 346 Å². The maximum atomic E-state index is 11.6. The number of carbonyl (C=O) groups is 1. The molecule has 0 unspecified atom stereocenters. The smallest absolute Gasteiger partial charge is 0.309 e. The number of alkyl halides is 1. The number of rotatable bonds is 12. The fourth-order valence-corrected chi connectivity index (χ4v) is 10.7. The summed E-state index contributed by atoms with van der Waals surface area (Å²) in [7, 11) is 1.39. The fraction of sp³-hybridized carbons (Fsp3) is 0.488. The van der Waals surface area contributed by atoms with Gasteiger partial charge >= 0.3 is 5.97 Å². The van der Waals surface area contributed by atoms with Crippen LogP contribution in [0.15, 0.2) is 54.6 Å². The fourth-order valence-electron chi connectivity index (χ4n) is 7.53. The van der Waals surface area contributed by atoms with E-state index in [-0.39, 0.29) is 17.8 Å². The van der Waals surface area contributed by atoms with Crippen LogP contribution < -0.4 is 14.5 Å². The van der Waals surface area contributed by atoms with Crippen LogP contribution in [-0.2, 0) is 16.0 Å². The van der Waals surface area contributed by atoms with E-state index in [1.54, 1.807) is 28.7 Å². The van der Waals surface area contributed by atoms with Gasteiger partial charge in [-0.3, -0.25) is 4.79 Å². The summed E-state index contributed by atoms with van der Waals surface area (Å²) in [4.78, 5) is 25.9. The van der Waals surface area contributed by atoms with Gasteiger partial charge in [-0.1, -0.05) is 90.2 Å². The Morgan fingerprint density at radius 2 is 1.28 bits per heavy atom. The monoisotopic (exact) mass is 848 g/mol. The number of thiazole rings is 2.